The zero-order valence-corrected chi connectivity index (χ0v) is 10.6. The van der Waals surface area contributed by atoms with E-state index in [0.717, 1.165) is 6.42 Å². The van der Waals surface area contributed by atoms with E-state index in [1.54, 1.807) is 0 Å². The summed E-state index contributed by atoms with van der Waals surface area (Å²) in [5, 5.41) is 0. The molecule has 86 valence electrons. The van der Waals surface area contributed by atoms with Crippen molar-refractivity contribution in [3.05, 3.63) is 0 Å². The second kappa shape index (κ2) is 3.33. The largest absolute Gasteiger partial charge is 0.299 e. The van der Waals surface area contributed by atoms with Gasteiger partial charge in [0.2, 0.25) is 0 Å². The summed E-state index contributed by atoms with van der Waals surface area (Å²) in [5.74, 6) is 1.83. The lowest BCUT2D eigenvalue weighted by molar-refractivity contribution is -0.146. The van der Waals surface area contributed by atoms with Gasteiger partial charge in [0.25, 0.3) is 0 Å². The van der Waals surface area contributed by atoms with E-state index in [0.29, 0.717) is 17.6 Å². The average molecular weight is 208 g/mol. The smallest absolute Gasteiger partial charge is 0.136 e. The van der Waals surface area contributed by atoms with Gasteiger partial charge in [-0.3, -0.25) is 4.79 Å². The Labute approximate surface area is 93.6 Å². The molecule has 0 aliphatic heterocycles. The van der Waals surface area contributed by atoms with Gasteiger partial charge in [-0.25, -0.2) is 0 Å². The van der Waals surface area contributed by atoms with Crippen LogP contribution in [0.5, 0.6) is 0 Å². The van der Waals surface area contributed by atoms with Gasteiger partial charge in [0, 0.05) is 5.41 Å². The molecule has 2 saturated carbocycles. The first-order valence-corrected chi connectivity index (χ1v) is 6.44. The van der Waals surface area contributed by atoms with E-state index < -0.39 is 0 Å². The average Bonchev–Trinajstić information content (AvgIpc) is 2.57. The summed E-state index contributed by atoms with van der Waals surface area (Å²) >= 11 is 0. The van der Waals surface area contributed by atoms with Gasteiger partial charge in [0.1, 0.15) is 5.78 Å². The minimum absolute atomic E-state index is 0.0185. The molecule has 2 aliphatic rings. The van der Waals surface area contributed by atoms with Gasteiger partial charge in [-0.1, -0.05) is 27.2 Å². The van der Waals surface area contributed by atoms with Gasteiger partial charge in [-0.05, 0) is 49.9 Å². The van der Waals surface area contributed by atoms with Crippen molar-refractivity contribution < 1.29 is 4.79 Å². The van der Waals surface area contributed by atoms with Crippen LogP contribution < -0.4 is 0 Å². The molecule has 0 radical (unpaired) electrons. The Morgan fingerprint density at radius 1 is 1.20 bits per heavy atom. The molecule has 1 nitrogen and oxygen atoms in total. The number of hydrogen-bond acceptors (Lipinski definition) is 1. The molecule has 0 aromatic carbocycles. The van der Waals surface area contributed by atoms with Crippen LogP contribution in [0.1, 0.15) is 59.8 Å². The molecule has 3 atom stereocenters. The molecule has 3 unspecified atom stereocenters. The number of fused-ring (bicyclic) bond motifs is 1. The molecule has 15 heavy (non-hydrogen) atoms. The van der Waals surface area contributed by atoms with E-state index in [9.17, 15) is 4.79 Å². The maximum Gasteiger partial charge on any atom is 0.136 e. The summed E-state index contributed by atoms with van der Waals surface area (Å²) in [7, 11) is 0. The fraction of sp³-hybridized carbons (Fsp3) is 0.929. The van der Waals surface area contributed by atoms with Crippen LogP contribution in [0.3, 0.4) is 0 Å². The molecule has 1 heteroatoms. The van der Waals surface area contributed by atoms with Gasteiger partial charge in [-0.2, -0.15) is 0 Å². The zero-order chi connectivity index (χ0) is 11.3. The van der Waals surface area contributed by atoms with Crippen molar-refractivity contribution in [3.8, 4) is 0 Å². The first-order valence-electron chi connectivity index (χ1n) is 6.44. The lowest BCUT2D eigenvalue weighted by atomic mass is 9.49. The molecule has 0 spiro atoms. The van der Waals surface area contributed by atoms with Crippen LogP contribution in [-0.2, 0) is 4.79 Å². The van der Waals surface area contributed by atoms with Crippen molar-refractivity contribution in [3.63, 3.8) is 0 Å². The van der Waals surface area contributed by atoms with Crippen LogP contribution in [0, 0.1) is 22.7 Å². The van der Waals surface area contributed by atoms with E-state index in [-0.39, 0.29) is 10.8 Å². The second-order valence-corrected chi connectivity index (χ2v) is 6.32. The normalized spacial score (nSPS) is 43.7. The molecule has 2 fully saturated rings. The third-order valence-corrected chi connectivity index (χ3v) is 5.78. The first kappa shape index (κ1) is 11.2. The predicted molar refractivity (Wildman–Crippen MR) is 62.6 cm³/mol. The Hall–Kier alpha value is -0.330. The molecule has 0 N–H and O–H groups in total. The van der Waals surface area contributed by atoms with E-state index in [4.69, 9.17) is 0 Å². The lowest BCUT2D eigenvalue weighted by Crippen LogP contribution is -2.52. The quantitative estimate of drug-likeness (QED) is 0.640. The first-order chi connectivity index (χ1) is 6.93. The molecular formula is C14H24O. The number of ketones is 1. The van der Waals surface area contributed by atoms with Gasteiger partial charge >= 0.3 is 0 Å². The van der Waals surface area contributed by atoms with E-state index in [2.05, 4.69) is 20.8 Å². The Kier molecular flexibility index (Phi) is 2.48. The summed E-state index contributed by atoms with van der Waals surface area (Å²) in [4.78, 5) is 12.2. The highest BCUT2D eigenvalue weighted by molar-refractivity contribution is 5.84. The standard InChI is InChI=1S/C14H24O/c1-10-7-8-12-6-5-9-14(12,11(2)15)13(10,3)4/h10,12H,5-9H2,1-4H3. The van der Waals surface area contributed by atoms with Gasteiger partial charge in [-0.15, -0.1) is 0 Å². The SMILES string of the molecule is CC(=O)C12CCCC1CCC(C)C2(C)C. The topological polar surface area (TPSA) is 17.1 Å². The molecule has 0 saturated heterocycles. The van der Waals surface area contributed by atoms with Crippen LogP contribution in [-0.4, -0.2) is 5.78 Å². The third-order valence-electron chi connectivity index (χ3n) is 5.78. The molecule has 0 aromatic rings. The Morgan fingerprint density at radius 2 is 1.87 bits per heavy atom. The number of Topliss-reactive ketones (excluding diaryl/α,β-unsaturated/α-hetero) is 1. The van der Waals surface area contributed by atoms with Gasteiger partial charge < -0.3 is 0 Å². The number of rotatable bonds is 1. The number of carbonyl (C=O) groups excluding carboxylic acids is 1. The van der Waals surface area contributed by atoms with Crippen molar-refractivity contribution in [1.29, 1.82) is 0 Å². The maximum absolute atomic E-state index is 12.2. The van der Waals surface area contributed by atoms with E-state index >= 15 is 0 Å². The molecule has 0 amide bonds. The zero-order valence-electron chi connectivity index (χ0n) is 10.6. The Balaban J connectivity index is 2.46. The van der Waals surface area contributed by atoms with E-state index in [1.165, 1.54) is 25.7 Å². The summed E-state index contributed by atoms with van der Waals surface area (Å²) in [6.07, 6.45) is 6.29. The fourth-order valence-corrected chi connectivity index (χ4v) is 4.49. The minimum Gasteiger partial charge on any atom is -0.299 e. The number of carbonyl (C=O) groups is 1. The Bertz CT molecular complexity index is 279. The predicted octanol–water partition coefficient (Wildman–Crippen LogP) is 3.82. The highest BCUT2D eigenvalue weighted by Gasteiger charge is 2.59. The van der Waals surface area contributed by atoms with Crippen LogP contribution in [0.25, 0.3) is 0 Å². The minimum atomic E-state index is 0.0185. The molecule has 0 bridgehead atoms. The summed E-state index contributed by atoms with van der Waals surface area (Å²) in [5.41, 5.74) is 0.225. The van der Waals surface area contributed by atoms with Gasteiger partial charge in [0.05, 0.1) is 0 Å². The highest BCUT2D eigenvalue weighted by atomic mass is 16.1. The fourth-order valence-electron chi connectivity index (χ4n) is 4.49. The molecular weight excluding hydrogens is 184 g/mol. The van der Waals surface area contributed by atoms with Crippen molar-refractivity contribution >= 4 is 5.78 Å². The second-order valence-electron chi connectivity index (χ2n) is 6.32. The molecule has 0 aromatic heterocycles. The van der Waals surface area contributed by atoms with E-state index in [1.807, 2.05) is 6.92 Å². The summed E-state index contributed by atoms with van der Waals surface area (Å²) in [6, 6.07) is 0. The molecule has 0 heterocycles. The van der Waals surface area contributed by atoms with Crippen LogP contribution >= 0.6 is 0 Å². The van der Waals surface area contributed by atoms with Crippen LogP contribution in [0.15, 0.2) is 0 Å². The summed E-state index contributed by atoms with van der Waals surface area (Å²) < 4.78 is 0. The summed E-state index contributed by atoms with van der Waals surface area (Å²) in [6.45, 7) is 8.82. The lowest BCUT2D eigenvalue weighted by Gasteiger charge is -2.54. The van der Waals surface area contributed by atoms with Crippen molar-refractivity contribution in [2.45, 2.75) is 59.8 Å². The third kappa shape index (κ3) is 1.24. The monoisotopic (exact) mass is 208 g/mol. The Morgan fingerprint density at radius 3 is 2.47 bits per heavy atom. The van der Waals surface area contributed by atoms with Gasteiger partial charge in [0.15, 0.2) is 0 Å². The van der Waals surface area contributed by atoms with Crippen LogP contribution in [0.2, 0.25) is 0 Å². The van der Waals surface area contributed by atoms with Crippen molar-refractivity contribution in [2.75, 3.05) is 0 Å². The van der Waals surface area contributed by atoms with Crippen molar-refractivity contribution in [2.24, 2.45) is 22.7 Å². The van der Waals surface area contributed by atoms with Crippen LogP contribution in [0.4, 0.5) is 0 Å². The molecule has 2 rings (SSSR count). The number of hydrogen-bond donors (Lipinski definition) is 0. The maximum atomic E-state index is 12.2. The molecule has 2 aliphatic carbocycles. The highest BCUT2D eigenvalue weighted by Crippen LogP contribution is 2.63. The van der Waals surface area contributed by atoms with Crippen molar-refractivity contribution in [1.82, 2.24) is 0 Å².